The Balaban J connectivity index is 1.67. The number of hydrogen-bond acceptors (Lipinski definition) is 5. The van der Waals surface area contributed by atoms with E-state index in [0.717, 1.165) is 11.3 Å². The van der Waals surface area contributed by atoms with Gasteiger partial charge in [0, 0.05) is 17.8 Å². The molecule has 0 fully saturated rings. The van der Waals surface area contributed by atoms with E-state index in [0.29, 0.717) is 35.7 Å². The van der Waals surface area contributed by atoms with Crippen LogP contribution in [0.4, 0.5) is 10.1 Å². The first-order valence-electron chi connectivity index (χ1n) is 9.92. The number of thioether (sulfide) groups is 1. The van der Waals surface area contributed by atoms with Crippen LogP contribution < -0.4 is 10.1 Å². The predicted octanol–water partition coefficient (Wildman–Crippen LogP) is 5.04. The average Bonchev–Trinajstić information content (AvgIpc) is 3.15. The molecule has 0 radical (unpaired) electrons. The van der Waals surface area contributed by atoms with Crippen molar-refractivity contribution in [3.63, 3.8) is 0 Å². The lowest BCUT2D eigenvalue weighted by Crippen LogP contribution is -2.14. The molecule has 2 aromatic carbocycles. The number of nitrogens with one attached hydrogen (secondary N) is 1. The molecule has 0 atom stereocenters. The van der Waals surface area contributed by atoms with Crippen LogP contribution in [0.15, 0.2) is 66.3 Å². The molecule has 0 bridgehead atoms. The zero-order valence-electron chi connectivity index (χ0n) is 17.5. The molecule has 0 spiro atoms. The molecule has 8 heteroatoms. The molecule has 0 unspecified atom stereocenters. The van der Waals surface area contributed by atoms with Crippen LogP contribution in [-0.2, 0) is 11.3 Å². The third kappa shape index (κ3) is 6.42. The van der Waals surface area contributed by atoms with Crippen LogP contribution in [0.2, 0.25) is 0 Å². The Morgan fingerprint density at radius 2 is 1.90 bits per heavy atom. The van der Waals surface area contributed by atoms with Crippen LogP contribution >= 0.6 is 11.8 Å². The molecule has 1 heterocycles. The molecule has 162 valence electrons. The average molecular weight is 441 g/mol. The zero-order valence-corrected chi connectivity index (χ0v) is 18.4. The number of benzene rings is 2. The molecule has 1 amide bonds. The minimum atomic E-state index is -0.350. The summed E-state index contributed by atoms with van der Waals surface area (Å²) in [6.07, 6.45) is 1.76. The first-order valence-corrected chi connectivity index (χ1v) is 10.9. The standard InChI is InChI=1S/C23H25FN4O2S/c1-4-13-28-22(17-5-11-20(12-6-17)30-14-16(2)3)26-27-23(28)31-15-21(29)25-19-9-7-18(24)8-10-19/h4-12,16H,1,13-15H2,2-3H3,(H,25,29). The summed E-state index contributed by atoms with van der Waals surface area (Å²) in [4.78, 5) is 12.2. The molecule has 1 N–H and O–H groups in total. The minimum absolute atomic E-state index is 0.147. The summed E-state index contributed by atoms with van der Waals surface area (Å²) < 4.78 is 20.6. The lowest BCUT2D eigenvalue weighted by molar-refractivity contribution is -0.113. The quantitative estimate of drug-likeness (QED) is 0.353. The maximum absolute atomic E-state index is 13.0. The fourth-order valence-electron chi connectivity index (χ4n) is 2.73. The molecule has 31 heavy (non-hydrogen) atoms. The number of carbonyl (C=O) groups is 1. The van der Waals surface area contributed by atoms with E-state index in [1.807, 2.05) is 28.8 Å². The highest BCUT2D eigenvalue weighted by atomic mass is 32.2. The van der Waals surface area contributed by atoms with Crippen molar-refractivity contribution in [3.8, 4) is 17.1 Å². The summed E-state index contributed by atoms with van der Waals surface area (Å²) in [5.74, 6) is 1.54. The summed E-state index contributed by atoms with van der Waals surface area (Å²) in [5, 5.41) is 11.9. The SMILES string of the molecule is C=CCn1c(SCC(=O)Nc2ccc(F)cc2)nnc1-c1ccc(OCC(C)C)cc1. The van der Waals surface area contributed by atoms with Gasteiger partial charge in [-0.1, -0.05) is 31.7 Å². The number of nitrogens with zero attached hydrogens (tertiary/aromatic N) is 3. The van der Waals surface area contributed by atoms with Crippen molar-refractivity contribution >= 4 is 23.4 Å². The summed E-state index contributed by atoms with van der Waals surface area (Å²) in [6, 6.07) is 13.3. The number of halogens is 1. The van der Waals surface area contributed by atoms with Gasteiger partial charge in [0.2, 0.25) is 5.91 Å². The molecule has 3 rings (SSSR count). The van der Waals surface area contributed by atoms with Gasteiger partial charge in [-0.2, -0.15) is 0 Å². The van der Waals surface area contributed by atoms with Crippen molar-refractivity contribution in [1.29, 1.82) is 0 Å². The van der Waals surface area contributed by atoms with E-state index in [9.17, 15) is 9.18 Å². The Morgan fingerprint density at radius 1 is 1.19 bits per heavy atom. The number of allylic oxidation sites excluding steroid dienone is 1. The number of aromatic nitrogens is 3. The maximum Gasteiger partial charge on any atom is 0.234 e. The van der Waals surface area contributed by atoms with E-state index in [-0.39, 0.29) is 17.5 Å². The number of carbonyl (C=O) groups excluding carboxylic acids is 1. The van der Waals surface area contributed by atoms with E-state index in [1.54, 1.807) is 6.08 Å². The van der Waals surface area contributed by atoms with Crippen LogP contribution in [0.1, 0.15) is 13.8 Å². The van der Waals surface area contributed by atoms with Crippen molar-refractivity contribution < 1.29 is 13.9 Å². The van der Waals surface area contributed by atoms with Gasteiger partial charge in [0.1, 0.15) is 11.6 Å². The molecule has 0 saturated carbocycles. The second kappa shape index (κ2) is 10.8. The monoisotopic (exact) mass is 440 g/mol. The van der Waals surface area contributed by atoms with Gasteiger partial charge in [-0.15, -0.1) is 16.8 Å². The minimum Gasteiger partial charge on any atom is -0.493 e. The van der Waals surface area contributed by atoms with Crippen molar-refractivity contribution in [1.82, 2.24) is 14.8 Å². The molecule has 6 nitrogen and oxygen atoms in total. The molecule has 0 aliphatic carbocycles. The first kappa shape index (κ1) is 22.6. The third-order valence-electron chi connectivity index (χ3n) is 4.18. The molecule has 0 aliphatic heterocycles. The number of ether oxygens (including phenoxy) is 1. The van der Waals surface area contributed by atoms with E-state index in [2.05, 4.69) is 35.9 Å². The van der Waals surface area contributed by atoms with Crippen molar-refractivity contribution in [2.75, 3.05) is 17.7 Å². The highest BCUT2D eigenvalue weighted by Gasteiger charge is 2.15. The number of anilines is 1. The molecule has 1 aromatic heterocycles. The third-order valence-corrected chi connectivity index (χ3v) is 5.15. The van der Waals surface area contributed by atoms with Crippen molar-refractivity contribution in [2.24, 2.45) is 5.92 Å². The summed E-state index contributed by atoms with van der Waals surface area (Å²) in [5.41, 5.74) is 1.44. The van der Waals surface area contributed by atoms with Crippen LogP contribution in [0.3, 0.4) is 0 Å². The van der Waals surface area contributed by atoms with Crippen LogP contribution in [0.25, 0.3) is 11.4 Å². The van der Waals surface area contributed by atoms with Gasteiger partial charge in [0.05, 0.1) is 12.4 Å². The Hall–Kier alpha value is -3.13. The van der Waals surface area contributed by atoms with Gasteiger partial charge in [0.15, 0.2) is 11.0 Å². The molecular formula is C23H25FN4O2S. The van der Waals surface area contributed by atoms with Gasteiger partial charge in [-0.05, 0) is 54.4 Å². The lowest BCUT2D eigenvalue weighted by atomic mass is 10.2. The first-order chi connectivity index (χ1) is 15.0. The van der Waals surface area contributed by atoms with Crippen LogP contribution in [-0.4, -0.2) is 33.0 Å². The van der Waals surface area contributed by atoms with Crippen LogP contribution in [0.5, 0.6) is 5.75 Å². The Morgan fingerprint density at radius 3 is 2.55 bits per heavy atom. The maximum atomic E-state index is 13.0. The van der Waals surface area contributed by atoms with Crippen molar-refractivity contribution in [2.45, 2.75) is 25.5 Å². The molecule has 0 saturated heterocycles. The highest BCUT2D eigenvalue weighted by molar-refractivity contribution is 7.99. The fraction of sp³-hybridized carbons (Fsp3) is 0.261. The smallest absolute Gasteiger partial charge is 0.234 e. The van der Waals surface area contributed by atoms with Gasteiger partial charge in [-0.25, -0.2) is 4.39 Å². The topological polar surface area (TPSA) is 69.0 Å². The number of rotatable bonds is 10. The molecule has 0 aliphatic rings. The fourth-order valence-corrected chi connectivity index (χ4v) is 3.47. The normalized spacial score (nSPS) is 10.8. The van der Waals surface area contributed by atoms with Gasteiger partial charge in [-0.3, -0.25) is 9.36 Å². The lowest BCUT2D eigenvalue weighted by Gasteiger charge is -2.10. The predicted molar refractivity (Wildman–Crippen MR) is 122 cm³/mol. The Labute approximate surface area is 185 Å². The largest absolute Gasteiger partial charge is 0.493 e. The highest BCUT2D eigenvalue weighted by Crippen LogP contribution is 2.26. The Bertz CT molecular complexity index is 1020. The zero-order chi connectivity index (χ0) is 22.2. The van der Waals surface area contributed by atoms with Gasteiger partial charge in [0.25, 0.3) is 0 Å². The Kier molecular flexibility index (Phi) is 7.83. The number of hydrogen-bond donors (Lipinski definition) is 1. The molecular weight excluding hydrogens is 415 g/mol. The van der Waals surface area contributed by atoms with Crippen LogP contribution in [0, 0.1) is 11.7 Å². The summed E-state index contributed by atoms with van der Waals surface area (Å²) in [6.45, 7) is 9.18. The van der Waals surface area contributed by atoms with Crippen molar-refractivity contribution in [3.05, 3.63) is 67.0 Å². The second-order valence-corrected chi connectivity index (χ2v) is 8.22. The van der Waals surface area contributed by atoms with Gasteiger partial charge < -0.3 is 10.1 Å². The van der Waals surface area contributed by atoms with E-state index < -0.39 is 0 Å². The second-order valence-electron chi connectivity index (χ2n) is 7.28. The summed E-state index contributed by atoms with van der Waals surface area (Å²) in [7, 11) is 0. The van der Waals surface area contributed by atoms with E-state index >= 15 is 0 Å². The number of amides is 1. The summed E-state index contributed by atoms with van der Waals surface area (Å²) >= 11 is 1.28. The van der Waals surface area contributed by atoms with Gasteiger partial charge >= 0.3 is 0 Å². The molecule has 3 aromatic rings. The van der Waals surface area contributed by atoms with E-state index in [4.69, 9.17) is 4.74 Å². The van der Waals surface area contributed by atoms with E-state index in [1.165, 1.54) is 36.0 Å².